The zero-order valence-corrected chi connectivity index (χ0v) is 16.1. The first-order valence-electron chi connectivity index (χ1n) is 9.21. The number of nitrogens with zero attached hydrogens (tertiary/aromatic N) is 1. The molecule has 0 saturated heterocycles. The van der Waals surface area contributed by atoms with E-state index in [1.54, 1.807) is 0 Å². The quantitative estimate of drug-likeness (QED) is 0.536. The number of aryl methyl sites for hydroxylation is 1. The number of hydrogen-bond donors (Lipinski definition) is 0. The van der Waals surface area contributed by atoms with Crippen LogP contribution in [0, 0.1) is 0 Å². The molecule has 0 amide bonds. The van der Waals surface area contributed by atoms with Crippen LogP contribution in [-0.4, -0.2) is 4.98 Å². The molecule has 0 N–H and O–H groups in total. The molecule has 1 heterocycles. The highest BCUT2D eigenvalue weighted by Gasteiger charge is 2.23. The van der Waals surface area contributed by atoms with E-state index in [0.717, 1.165) is 18.4 Å². The van der Waals surface area contributed by atoms with E-state index in [9.17, 15) is 0 Å². The van der Waals surface area contributed by atoms with Gasteiger partial charge in [0, 0.05) is 11.6 Å². The molecule has 3 aromatic rings. The Labute approximate surface area is 152 Å². The van der Waals surface area contributed by atoms with Gasteiger partial charge >= 0.3 is 0 Å². The maximum atomic E-state index is 4.65. The van der Waals surface area contributed by atoms with Crippen molar-refractivity contribution < 1.29 is 0 Å². The Morgan fingerprint density at radius 1 is 0.840 bits per heavy atom. The standard InChI is InChI=1S/C24H29N/c1-23(2,3)20-12-6-9-18(17-20)14-15-24(4,5)21-13-7-10-19-11-8-16-25-22(19)21/h6-13,16-17H,14-15H2,1-5H3. The molecule has 0 bridgehead atoms. The molecule has 130 valence electrons. The second-order valence-electron chi connectivity index (χ2n) is 8.71. The van der Waals surface area contributed by atoms with Gasteiger partial charge in [-0.1, -0.05) is 83.1 Å². The van der Waals surface area contributed by atoms with E-state index in [2.05, 4.69) is 88.1 Å². The highest BCUT2D eigenvalue weighted by Crippen LogP contribution is 2.33. The molecule has 1 aromatic heterocycles. The molecule has 0 aliphatic carbocycles. The van der Waals surface area contributed by atoms with Crippen LogP contribution < -0.4 is 0 Å². The zero-order chi connectivity index (χ0) is 18.1. The molecular formula is C24H29N. The van der Waals surface area contributed by atoms with Gasteiger partial charge in [-0.05, 0) is 46.4 Å². The average molecular weight is 332 g/mol. The molecule has 0 unspecified atom stereocenters. The van der Waals surface area contributed by atoms with Crippen molar-refractivity contribution in [1.82, 2.24) is 4.98 Å². The first-order chi connectivity index (χ1) is 11.8. The van der Waals surface area contributed by atoms with E-state index in [0.29, 0.717) is 0 Å². The third kappa shape index (κ3) is 3.92. The lowest BCUT2D eigenvalue weighted by Crippen LogP contribution is -2.19. The number of para-hydroxylation sites is 1. The number of pyridine rings is 1. The molecule has 0 atom stereocenters. The van der Waals surface area contributed by atoms with Gasteiger partial charge in [-0.2, -0.15) is 0 Å². The summed E-state index contributed by atoms with van der Waals surface area (Å²) in [4.78, 5) is 4.65. The second kappa shape index (κ2) is 6.63. The fourth-order valence-corrected chi connectivity index (χ4v) is 3.44. The van der Waals surface area contributed by atoms with E-state index in [4.69, 9.17) is 0 Å². The van der Waals surface area contributed by atoms with E-state index >= 15 is 0 Å². The van der Waals surface area contributed by atoms with Crippen LogP contribution in [0.2, 0.25) is 0 Å². The third-order valence-electron chi connectivity index (χ3n) is 5.19. The molecule has 0 saturated carbocycles. The van der Waals surface area contributed by atoms with Crippen molar-refractivity contribution in [2.24, 2.45) is 0 Å². The van der Waals surface area contributed by atoms with Crippen LogP contribution in [0.15, 0.2) is 60.8 Å². The van der Waals surface area contributed by atoms with Crippen LogP contribution in [0.5, 0.6) is 0 Å². The minimum Gasteiger partial charge on any atom is -0.256 e. The van der Waals surface area contributed by atoms with E-state index in [1.807, 2.05) is 12.3 Å². The molecule has 0 spiro atoms. The second-order valence-corrected chi connectivity index (χ2v) is 8.71. The number of rotatable bonds is 4. The van der Waals surface area contributed by atoms with E-state index in [1.165, 1.54) is 22.1 Å². The summed E-state index contributed by atoms with van der Waals surface area (Å²) in [5.41, 5.74) is 5.61. The van der Waals surface area contributed by atoms with E-state index in [-0.39, 0.29) is 10.8 Å². The summed E-state index contributed by atoms with van der Waals surface area (Å²) in [6.07, 6.45) is 4.09. The molecule has 0 aliphatic heterocycles. The normalized spacial score (nSPS) is 12.5. The molecule has 25 heavy (non-hydrogen) atoms. The maximum absolute atomic E-state index is 4.65. The summed E-state index contributed by atoms with van der Waals surface area (Å²) in [6, 6.07) is 19.8. The molecule has 2 aromatic carbocycles. The summed E-state index contributed by atoms with van der Waals surface area (Å²) in [5.74, 6) is 0. The summed E-state index contributed by atoms with van der Waals surface area (Å²) in [6.45, 7) is 11.5. The lowest BCUT2D eigenvalue weighted by Gasteiger charge is -2.27. The Morgan fingerprint density at radius 2 is 1.56 bits per heavy atom. The van der Waals surface area contributed by atoms with Crippen LogP contribution in [-0.2, 0) is 17.3 Å². The Kier molecular flexibility index (Phi) is 4.69. The SMILES string of the molecule is CC(C)(C)c1cccc(CCC(C)(C)c2cccc3cccnc23)c1. The smallest absolute Gasteiger partial charge is 0.0739 e. The topological polar surface area (TPSA) is 12.9 Å². The highest BCUT2D eigenvalue weighted by atomic mass is 14.7. The van der Waals surface area contributed by atoms with Gasteiger partial charge in [0.25, 0.3) is 0 Å². The molecule has 1 nitrogen and oxygen atoms in total. The van der Waals surface area contributed by atoms with Crippen LogP contribution in [0.4, 0.5) is 0 Å². The largest absolute Gasteiger partial charge is 0.256 e. The predicted octanol–water partition coefficient (Wildman–Crippen LogP) is 6.44. The average Bonchev–Trinajstić information content (AvgIpc) is 2.59. The fraction of sp³-hybridized carbons (Fsp3) is 0.375. The van der Waals surface area contributed by atoms with Gasteiger partial charge in [-0.25, -0.2) is 0 Å². The Bertz CT molecular complexity index is 863. The Morgan fingerprint density at radius 3 is 2.32 bits per heavy atom. The molecular weight excluding hydrogens is 302 g/mol. The Hall–Kier alpha value is -2.15. The fourth-order valence-electron chi connectivity index (χ4n) is 3.44. The maximum Gasteiger partial charge on any atom is 0.0739 e. The number of aromatic nitrogens is 1. The number of hydrogen-bond acceptors (Lipinski definition) is 1. The zero-order valence-electron chi connectivity index (χ0n) is 16.1. The molecule has 0 aliphatic rings. The van der Waals surface area contributed by atoms with Crippen molar-refractivity contribution in [2.75, 3.05) is 0 Å². The van der Waals surface area contributed by atoms with Crippen LogP contribution >= 0.6 is 0 Å². The van der Waals surface area contributed by atoms with Gasteiger partial charge in [0.05, 0.1) is 5.52 Å². The van der Waals surface area contributed by atoms with Gasteiger partial charge in [-0.3, -0.25) is 4.98 Å². The van der Waals surface area contributed by atoms with Crippen LogP contribution in [0.1, 0.15) is 57.7 Å². The van der Waals surface area contributed by atoms with E-state index < -0.39 is 0 Å². The van der Waals surface area contributed by atoms with Gasteiger partial charge < -0.3 is 0 Å². The lowest BCUT2D eigenvalue weighted by molar-refractivity contribution is 0.482. The monoisotopic (exact) mass is 331 g/mol. The van der Waals surface area contributed by atoms with Gasteiger partial charge in [0.1, 0.15) is 0 Å². The molecule has 1 heteroatoms. The minimum absolute atomic E-state index is 0.0889. The van der Waals surface area contributed by atoms with Crippen molar-refractivity contribution in [3.05, 3.63) is 77.5 Å². The third-order valence-corrected chi connectivity index (χ3v) is 5.19. The highest BCUT2D eigenvalue weighted by molar-refractivity contribution is 5.82. The summed E-state index contributed by atoms with van der Waals surface area (Å²) >= 11 is 0. The number of fused-ring (bicyclic) bond motifs is 1. The molecule has 0 radical (unpaired) electrons. The first-order valence-corrected chi connectivity index (χ1v) is 9.21. The van der Waals surface area contributed by atoms with Crippen LogP contribution in [0.25, 0.3) is 10.9 Å². The van der Waals surface area contributed by atoms with Gasteiger partial charge in [0.15, 0.2) is 0 Å². The minimum atomic E-state index is 0.0889. The summed E-state index contributed by atoms with van der Waals surface area (Å²) < 4.78 is 0. The summed E-state index contributed by atoms with van der Waals surface area (Å²) in [5, 5.41) is 1.22. The van der Waals surface area contributed by atoms with Crippen molar-refractivity contribution in [1.29, 1.82) is 0 Å². The van der Waals surface area contributed by atoms with Gasteiger partial charge in [0.2, 0.25) is 0 Å². The van der Waals surface area contributed by atoms with Crippen molar-refractivity contribution in [3.8, 4) is 0 Å². The van der Waals surface area contributed by atoms with Crippen molar-refractivity contribution >= 4 is 10.9 Å². The predicted molar refractivity (Wildman–Crippen MR) is 108 cm³/mol. The molecule has 3 rings (SSSR count). The lowest BCUT2D eigenvalue weighted by atomic mass is 9.78. The molecule has 0 fully saturated rings. The Balaban J connectivity index is 1.85. The number of benzene rings is 2. The first kappa shape index (κ1) is 17.7. The van der Waals surface area contributed by atoms with Crippen LogP contribution in [0.3, 0.4) is 0 Å². The van der Waals surface area contributed by atoms with Crippen molar-refractivity contribution in [2.45, 2.75) is 58.3 Å². The summed E-state index contributed by atoms with van der Waals surface area (Å²) in [7, 11) is 0. The van der Waals surface area contributed by atoms with Gasteiger partial charge in [-0.15, -0.1) is 0 Å². The van der Waals surface area contributed by atoms with Crippen molar-refractivity contribution in [3.63, 3.8) is 0 Å².